The van der Waals surface area contributed by atoms with Crippen molar-refractivity contribution in [2.24, 2.45) is 11.8 Å². The Balaban J connectivity index is 1.03. The van der Waals surface area contributed by atoms with Crippen LogP contribution in [-0.4, -0.2) is 9.97 Å². The van der Waals surface area contributed by atoms with E-state index in [4.69, 9.17) is 19.4 Å². The van der Waals surface area contributed by atoms with Crippen molar-refractivity contribution in [2.45, 2.75) is 20.3 Å². The van der Waals surface area contributed by atoms with Gasteiger partial charge in [0.1, 0.15) is 0 Å². The van der Waals surface area contributed by atoms with Crippen LogP contribution in [0.2, 0.25) is 0 Å². The molecular weight excluding hydrogens is 653 g/mol. The fourth-order valence-corrected chi connectivity index (χ4v) is 8.23. The van der Waals surface area contributed by atoms with Gasteiger partial charge in [-0.3, -0.25) is 0 Å². The van der Waals surface area contributed by atoms with Gasteiger partial charge in [0.2, 0.25) is 0 Å². The predicted molar refractivity (Wildman–Crippen MR) is 212 cm³/mol. The Kier molecular flexibility index (Phi) is 6.47. The Labute approximate surface area is 307 Å². The predicted octanol–water partition coefficient (Wildman–Crippen LogP) is 12.4. The van der Waals surface area contributed by atoms with E-state index in [-0.39, 0.29) is 0 Å². The van der Waals surface area contributed by atoms with Gasteiger partial charge in [0.25, 0.3) is 0 Å². The quantitative estimate of drug-likeness (QED) is 0.184. The third-order valence-electron chi connectivity index (χ3n) is 11.1. The first-order valence-corrected chi connectivity index (χ1v) is 18.2. The number of rotatable bonds is 4. The molecule has 1 fully saturated rings. The Morgan fingerprint density at radius 1 is 0.509 bits per heavy atom. The lowest BCUT2D eigenvalue weighted by molar-refractivity contribution is 0.475. The van der Waals surface area contributed by atoms with Gasteiger partial charge in [-0.05, 0) is 122 Å². The van der Waals surface area contributed by atoms with E-state index < -0.39 is 0 Å². The van der Waals surface area contributed by atoms with Crippen molar-refractivity contribution in [3.05, 3.63) is 168 Å². The normalized spacial score (nSPS) is 17.6. The summed E-state index contributed by atoms with van der Waals surface area (Å²) in [4.78, 5) is 15.5. The van der Waals surface area contributed by atoms with Crippen molar-refractivity contribution in [3.63, 3.8) is 0 Å². The third-order valence-corrected chi connectivity index (χ3v) is 11.1. The highest BCUT2D eigenvalue weighted by atomic mass is 16.5. The van der Waals surface area contributed by atoms with Crippen molar-refractivity contribution in [3.8, 4) is 34.3 Å². The molecule has 1 aromatic heterocycles. The maximum atomic E-state index is 6.33. The molecule has 254 valence electrons. The summed E-state index contributed by atoms with van der Waals surface area (Å²) in [5.41, 5.74) is 14.9. The van der Waals surface area contributed by atoms with Crippen LogP contribution in [0.25, 0.3) is 27.9 Å². The molecule has 0 spiro atoms. The van der Waals surface area contributed by atoms with Crippen molar-refractivity contribution >= 4 is 45.0 Å². The van der Waals surface area contributed by atoms with Gasteiger partial charge in [-0.2, -0.15) is 0 Å². The highest BCUT2D eigenvalue weighted by molar-refractivity contribution is 5.91. The molecule has 6 nitrogen and oxygen atoms in total. The van der Waals surface area contributed by atoms with Crippen LogP contribution in [0.15, 0.2) is 151 Å². The van der Waals surface area contributed by atoms with Crippen LogP contribution in [0, 0.1) is 25.7 Å². The molecule has 53 heavy (non-hydrogen) atoms. The highest BCUT2D eigenvalue weighted by Gasteiger charge is 2.48. The van der Waals surface area contributed by atoms with Gasteiger partial charge < -0.3 is 19.3 Å². The van der Waals surface area contributed by atoms with Crippen LogP contribution in [0.5, 0.6) is 23.0 Å². The number of aromatic nitrogens is 2. The lowest BCUT2D eigenvalue weighted by Gasteiger charge is -2.35. The molecule has 2 unspecified atom stereocenters. The third kappa shape index (κ3) is 4.72. The maximum absolute atomic E-state index is 6.33. The van der Waals surface area contributed by atoms with Crippen molar-refractivity contribution in [1.82, 2.24) is 9.97 Å². The zero-order valence-corrected chi connectivity index (χ0v) is 29.3. The molecule has 2 aliphatic heterocycles. The molecule has 0 N–H and O–H groups in total. The second-order valence-electron chi connectivity index (χ2n) is 14.3. The number of benzene rings is 6. The lowest BCUT2D eigenvalue weighted by Crippen LogP contribution is -2.23. The summed E-state index contributed by atoms with van der Waals surface area (Å²) >= 11 is 0. The van der Waals surface area contributed by atoms with Crippen molar-refractivity contribution in [1.29, 1.82) is 0 Å². The van der Waals surface area contributed by atoms with Gasteiger partial charge in [-0.25, -0.2) is 9.97 Å². The van der Waals surface area contributed by atoms with E-state index in [1.54, 1.807) is 0 Å². The molecule has 1 saturated carbocycles. The zero-order chi connectivity index (χ0) is 35.2. The molecule has 0 amide bonds. The minimum Gasteiger partial charge on any atom is -0.453 e. The highest BCUT2D eigenvalue weighted by Crippen LogP contribution is 2.60. The van der Waals surface area contributed by atoms with Gasteiger partial charge in [0, 0.05) is 22.9 Å². The molecule has 0 saturated heterocycles. The Morgan fingerprint density at radius 2 is 0.981 bits per heavy atom. The molecule has 7 aromatic rings. The molecular formula is C47H34N4O2. The van der Waals surface area contributed by atoms with Gasteiger partial charge in [0.05, 0.1) is 45.2 Å². The molecule has 6 heteroatoms. The van der Waals surface area contributed by atoms with Crippen LogP contribution >= 0.6 is 0 Å². The minimum atomic E-state index is 0.342. The Morgan fingerprint density at radius 3 is 1.51 bits per heavy atom. The monoisotopic (exact) mass is 686 g/mol. The Hall–Kier alpha value is -6.66. The van der Waals surface area contributed by atoms with E-state index in [0.29, 0.717) is 11.8 Å². The van der Waals surface area contributed by atoms with Gasteiger partial charge in [-0.1, -0.05) is 66.7 Å². The average molecular weight is 687 g/mol. The summed E-state index contributed by atoms with van der Waals surface area (Å²) in [5.74, 6) is 4.13. The number of fused-ring (bicyclic) bond motifs is 6. The van der Waals surface area contributed by atoms with Crippen LogP contribution in [0.3, 0.4) is 0 Å². The van der Waals surface area contributed by atoms with Crippen LogP contribution in [-0.2, 0) is 0 Å². The number of aryl methyl sites for hydroxylation is 2. The van der Waals surface area contributed by atoms with Crippen molar-refractivity contribution in [2.75, 3.05) is 9.80 Å². The summed E-state index contributed by atoms with van der Waals surface area (Å²) in [5, 5.41) is 0. The summed E-state index contributed by atoms with van der Waals surface area (Å²) in [7, 11) is 0. The number of para-hydroxylation sites is 8. The van der Waals surface area contributed by atoms with E-state index in [1.807, 2.05) is 36.4 Å². The van der Waals surface area contributed by atoms with Crippen LogP contribution in [0.1, 0.15) is 23.2 Å². The first kappa shape index (κ1) is 30.0. The summed E-state index contributed by atoms with van der Waals surface area (Å²) in [6, 6.07) is 46.1. The second-order valence-corrected chi connectivity index (χ2v) is 14.3. The van der Waals surface area contributed by atoms with Gasteiger partial charge >= 0.3 is 0 Å². The number of allylic oxidation sites excluding steroid dienone is 4. The fraction of sp³-hybridized carbons (Fsp3) is 0.106. The molecule has 11 rings (SSSR count). The number of anilines is 5. The molecule has 4 aliphatic rings. The topological polar surface area (TPSA) is 50.7 Å². The molecule has 2 atom stereocenters. The number of nitrogens with zero attached hydrogens (tertiary/aromatic N) is 4. The summed E-state index contributed by atoms with van der Waals surface area (Å²) in [6.45, 7) is 4.29. The van der Waals surface area contributed by atoms with Gasteiger partial charge in [-0.15, -0.1) is 0 Å². The smallest absolute Gasteiger partial charge is 0.151 e. The van der Waals surface area contributed by atoms with Crippen LogP contribution in [0.4, 0.5) is 28.4 Å². The molecule has 0 radical (unpaired) electrons. The first-order valence-electron chi connectivity index (χ1n) is 18.2. The van der Waals surface area contributed by atoms with E-state index >= 15 is 0 Å². The lowest BCUT2D eigenvalue weighted by atomic mass is 9.94. The standard InChI is InChI=1S/C47H34N4O2/c1-28-25-35-36(26-29(28)2)49-47(32-23-24-37(34-27-33(32)34)51-40-13-5-9-17-44(40)53-45-18-10-6-14-41(45)51)46(48-35)30-19-21-31(22-20-30)50-38-11-3-7-15-42(38)52-43-16-8-4-12-39(43)50/h3-26,33-34H,27H2,1-2H3. The van der Waals surface area contributed by atoms with Crippen molar-refractivity contribution < 1.29 is 9.47 Å². The number of ether oxygens (including phenoxy) is 2. The SMILES string of the molecule is Cc1cc2nc(C3=CC=C(N4c5ccccc5Oc5ccccc54)C4CC34)c(-c3ccc(N4c5ccccc5Oc5ccccc54)cc3)nc2cc1C. The number of hydrogen-bond donors (Lipinski definition) is 0. The molecule has 0 bridgehead atoms. The van der Waals surface area contributed by atoms with E-state index in [9.17, 15) is 0 Å². The first-order chi connectivity index (χ1) is 26.1. The van der Waals surface area contributed by atoms with Crippen LogP contribution < -0.4 is 19.3 Å². The molecule has 2 aliphatic carbocycles. The fourth-order valence-electron chi connectivity index (χ4n) is 8.23. The zero-order valence-electron chi connectivity index (χ0n) is 29.3. The van der Waals surface area contributed by atoms with E-state index in [1.165, 1.54) is 22.4 Å². The molecule has 6 aromatic carbocycles. The van der Waals surface area contributed by atoms with E-state index in [2.05, 4.69) is 133 Å². The summed E-state index contributed by atoms with van der Waals surface area (Å²) < 4.78 is 12.6. The summed E-state index contributed by atoms with van der Waals surface area (Å²) in [6.07, 6.45) is 5.65. The number of hydrogen-bond acceptors (Lipinski definition) is 6. The maximum Gasteiger partial charge on any atom is 0.151 e. The average Bonchev–Trinajstić information content (AvgIpc) is 4.01. The second kappa shape index (κ2) is 11.4. The largest absolute Gasteiger partial charge is 0.453 e. The Bertz CT molecular complexity index is 2620. The van der Waals surface area contributed by atoms with E-state index in [0.717, 1.165) is 85.8 Å². The van der Waals surface area contributed by atoms with Gasteiger partial charge in [0.15, 0.2) is 23.0 Å². The molecule has 3 heterocycles. The minimum absolute atomic E-state index is 0.342.